The summed E-state index contributed by atoms with van der Waals surface area (Å²) in [6.07, 6.45) is 1.28. The van der Waals surface area contributed by atoms with Crippen molar-refractivity contribution in [3.8, 4) is 0 Å². The zero-order valence-corrected chi connectivity index (χ0v) is 28.2. The summed E-state index contributed by atoms with van der Waals surface area (Å²) in [5.74, 6) is -0.842. The van der Waals surface area contributed by atoms with Crippen molar-refractivity contribution in [3.63, 3.8) is 0 Å². The van der Waals surface area contributed by atoms with Crippen LogP contribution in [0.2, 0.25) is 0 Å². The van der Waals surface area contributed by atoms with Crippen LogP contribution in [0, 0.1) is 5.82 Å². The Morgan fingerprint density at radius 1 is 0.939 bits per heavy atom. The minimum absolute atomic E-state index is 0.0856. The molecule has 2 atom stereocenters. The van der Waals surface area contributed by atoms with Crippen LogP contribution in [-0.4, -0.2) is 84.2 Å². The fourth-order valence-corrected chi connectivity index (χ4v) is 7.17. The van der Waals surface area contributed by atoms with Gasteiger partial charge in [-0.3, -0.25) is 19.3 Å². The van der Waals surface area contributed by atoms with Crippen LogP contribution in [0.5, 0.6) is 0 Å². The molecule has 4 aromatic carbocycles. The van der Waals surface area contributed by atoms with Gasteiger partial charge in [0.25, 0.3) is 0 Å². The number of hydrogen-bond donors (Lipinski definition) is 2. The Bertz CT molecular complexity index is 1950. The molecule has 2 heterocycles. The molecule has 6 rings (SSSR count). The number of carbonyl (C=O) groups is 3. The lowest BCUT2D eigenvalue weighted by Gasteiger charge is -2.46. The Balaban J connectivity index is 1.30. The number of hydrazine groups is 1. The van der Waals surface area contributed by atoms with Crippen molar-refractivity contribution in [1.29, 1.82) is 0 Å². The number of benzene rings is 4. The molecule has 2 saturated heterocycles. The third kappa shape index (κ3) is 7.68. The zero-order chi connectivity index (χ0) is 34.7. The molecule has 0 unspecified atom stereocenters. The van der Waals surface area contributed by atoms with Crippen molar-refractivity contribution in [3.05, 3.63) is 114 Å². The van der Waals surface area contributed by atoms with E-state index in [2.05, 4.69) is 10.0 Å². The molecule has 0 bridgehead atoms. The SMILES string of the molecule is CCCN(C(=O)NCc1ccc(F)cc1)N1CC(=O)N2[C@@H](Cc3ccc(NS(C)(=O)=O)cc3)C(=O)N(Cc3cccc4ccccc34)C[C@@H]21. The van der Waals surface area contributed by atoms with E-state index in [1.54, 1.807) is 56.2 Å². The van der Waals surface area contributed by atoms with E-state index in [1.807, 2.05) is 49.4 Å². The van der Waals surface area contributed by atoms with Crippen molar-refractivity contribution in [2.45, 2.75) is 45.1 Å². The topological polar surface area (TPSA) is 122 Å². The number of carbonyl (C=O) groups excluding carboxylic acids is 3. The van der Waals surface area contributed by atoms with Gasteiger partial charge in [0.05, 0.1) is 19.3 Å². The standard InChI is InChI=1S/C36H39FN6O5S/c1-3-19-41(36(46)38-21-26-11-15-29(37)16-12-26)42-24-34(44)43-32(20-25-13-17-30(18-14-25)39-49(2,47)48)35(45)40(23-33(42)43)22-28-9-6-8-27-7-4-5-10-31(27)28/h4-18,32-33,39H,3,19-24H2,1-2H3,(H,38,46)/t32-,33+/m0/s1. The summed E-state index contributed by atoms with van der Waals surface area (Å²) >= 11 is 0. The maximum Gasteiger partial charge on any atom is 0.332 e. The first-order valence-electron chi connectivity index (χ1n) is 16.2. The Kier molecular flexibility index (Phi) is 9.84. The molecule has 2 fully saturated rings. The first-order valence-corrected chi connectivity index (χ1v) is 18.1. The van der Waals surface area contributed by atoms with Gasteiger partial charge < -0.3 is 15.1 Å². The van der Waals surface area contributed by atoms with Gasteiger partial charge in [0.15, 0.2) is 0 Å². The van der Waals surface area contributed by atoms with E-state index in [0.29, 0.717) is 25.2 Å². The summed E-state index contributed by atoms with van der Waals surface area (Å²) in [7, 11) is -3.47. The van der Waals surface area contributed by atoms with Gasteiger partial charge in [-0.15, -0.1) is 0 Å². The van der Waals surface area contributed by atoms with Crippen LogP contribution in [0.3, 0.4) is 0 Å². The quantitative estimate of drug-likeness (QED) is 0.243. The molecule has 2 aliphatic heterocycles. The van der Waals surface area contributed by atoms with E-state index in [0.717, 1.165) is 33.7 Å². The van der Waals surface area contributed by atoms with E-state index < -0.39 is 28.3 Å². The summed E-state index contributed by atoms with van der Waals surface area (Å²) in [6.45, 7) is 2.87. The summed E-state index contributed by atoms with van der Waals surface area (Å²) < 4.78 is 39.3. The predicted octanol–water partition coefficient (Wildman–Crippen LogP) is 4.31. The Labute approximate surface area is 285 Å². The predicted molar refractivity (Wildman–Crippen MR) is 185 cm³/mol. The highest BCUT2D eigenvalue weighted by Crippen LogP contribution is 2.31. The number of hydrogen-bond acceptors (Lipinski definition) is 6. The molecule has 0 aromatic heterocycles. The lowest BCUT2D eigenvalue weighted by atomic mass is 9.99. The van der Waals surface area contributed by atoms with Crippen LogP contribution in [0.25, 0.3) is 10.8 Å². The molecule has 0 aliphatic carbocycles. The highest BCUT2D eigenvalue weighted by atomic mass is 32.2. The van der Waals surface area contributed by atoms with E-state index >= 15 is 0 Å². The number of nitrogens with zero attached hydrogens (tertiary/aromatic N) is 4. The van der Waals surface area contributed by atoms with Crippen molar-refractivity contribution in [1.82, 2.24) is 25.1 Å². The second-order valence-corrected chi connectivity index (χ2v) is 14.2. The smallest absolute Gasteiger partial charge is 0.332 e. The average molecular weight is 687 g/mol. The molecule has 49 heavy (non-hydrogen) atoms. The van der Waals surface area contributed by atoms with Crippen molar-refractivity contribution in [2.24, 2.45) is 0 Å². The lowest BCUT2D eigenvalue weighted by molar-refractivity contribution is -0.157. The molecule has 0 radical (unpaired) electrons. The van der Waals surface area contributed by atoms with E-state index in [9.17, 15) is 27.2 Å². The molecule has 4 aromatic rings. The molecule has 11 nitrogen and oxygen atoms in total. The second kappa shape index (κ2) is 14.2. The maximum absolute atomic E-state index is 14.3. The number of anilines is 1. The lowest BCUT2D eigenvalue weighted by Crippen LogP contribution is -2.66. The van der Waals surface area contributed by atoms with Gasteiger partial charge in [0.1, 0.15) is 18.0 Å². The first-order chi connectivity index (χ1) is 23.5. The molecule has 2 N–H and O–H groups in total. The van der Waals surface area contributed by atoms with E-state index in [1.165, 1.54) is 12.1 Å². The number of rotatable bonds is 11. The normalized spacial score (nSPS) is 18.1. The molecule has 13 heteroatoms. The van der Waals surface area contributed by atoms with Crippen LogP contribution in [0.4, 0.5) is 14.9 Å². The van der Waals surface area contributed by atoms with Crippen LogP contribution < -0.4 is 10.0 Å². The molecule has 2 aliphatic rings. The van der Waals surface area contributed by atoms with E-state index in [-0.39, 0.29) is 43.7 Å². The van der Waals surface area contributed by atoms with Crippen molar-refractivity contribution >= 4 is 44.3 Å². The van der Waals surface area contributed by atoms with Gasteiger partial charge in [-0.2, -0.15) is 5.01 Å². The fraction of sp³-hybridized carbons (Fsp3) is 0.306. The minimum Gasteiger partial charge on any atom is -0.333 e. The van der Waals surface area contributed by atoms with Crippen LogP contribution in [0.1, 0.15) is 30.0 Å². The van der Waals surface area contributed by atoms with Gasteiger partial charge >= 0.3 is 6.03 Å². The molecule has 4 amide bonds. The molecular weight excluding hydrogens is 647 g/mol. The number of amides is 4. The van der Waals surface area contributed by atoms with Crippen LogP contribution in [0.15, 0.2) is 91.0 Å². The number of nitrogens with one attached hydrogen (secondary N) is 2. The molecule has 0 spiro atoms. The Morgan fingerprint density at radius 3 is 2.35 bits per heavy atom. The van der Waals surface area contributed by atoms with Crippen molar-refractivity contribution in [2.75, 3.05) is 30.6 Å². The largest absolute Gasteiger partial charge is 0.333 e. The summed E-state index contributed by atoms with van der Waals surface area (Å²) in [4.78, 5) is 45.2. The summed E-state index contributed by atoms with van der Waals surface area (Å²) in [5, 5.41) is 8.28. The van der Waals surface area contributed by atoms with Gasteiger partial charge in [-0.1, -0.05) is 73.7 Å². The maximum atomic E-state index is 14.3. The highest BCUT2D eigenvalue weighted by Gasteiger charge is 2.52. The first kappa shape index (κ1) is 33.9. The minimum atomic E-state index is -3.47. The van der Waals surface area contributed by atoms with Gasteiger partial charge in [-0.25, -0.2) is 17.6 Å². The summed E-state index contributed by atoms with van der Waals surface area (Å²) in [6, 6.07) is 25.3. The number of urea groups is 1. The molecule has 256 valence electrons. The van der Waals surface area contributed by atoms with E-state index in [4.69, 9.17) is 0 Å². The van der Waals surface area contributed by atoms with Gasteiger partial charge in [0, 0.05) is 31.7 Å². The third-order valence-corrected chi connectivity index (χ3v) is 9.44. The number of sulfonamides is 1. The zero-order valence-electron chi connectivity index (χ0n) is 27.4. The number of halogens is 1. The van der Waals surface area contributed by atoms with Gasteiger partial charge in [0.2, 0.25) is 21.8 Å². The molecule has 0 saturated carbocycles. The number of piperazine rings is 1. The van der Waals surface area contributed by atoms with Crippen molar-refractivity contribution < 1.29 is 27.2 Å². The second-order valence-electron chi connectivity index (χ2n) is 12.4. The monoisotopic (exact) mass is 686 g/mol. The summed E-state index contributed by atoms with van der Waals surface area (Å²) in [5.41, 5.74) is 2.83. The van der Waals surface area contributed by atoms with Crippen LogP contribution >= 0.6 is 0 Å². The average Bonchev–Trinajstić information content (AvgIpc) is 3.40. The van der Waals surface area contributed by atoms with Gasteiger partial charge in [-0.05, 0) is 58.1 Å². The third-order valence-electron chi connectivity index (χ3n) is 8.83. The fourth-order valence-electron chi connectivity index (χ4n) is 6.60. The number of fused-ring (bicyclic) bond motifs is 2. The highest BCUT2D eigenvalue weighted by molar-refractivity contribution is 7.92. The Morgan fingerprint density at radius 2 is 1.63 bits per heavy atom. The molecular formula is C36H39FN6O5S. The Hall–Kier alpha value is -5.01. The van der Waals surface area contributed by atoms with Crippen LogP contribution in [-0.2, 0) is 39.1 Å².